The summed E-state index contributed by atoms with van der Waals surface area (Å²) in [6, 6.07) is 12.8. The molecule has 2 aromatic carbocycles. The molecule has 12 heteroatoms. The molecule has 2 aromatic rings. The molecule has 1 saturated heterocycles. The van der Waals surface area contributed by atoms with Gasteiger partial charge in [-0.05, 0) is 41.8 Å². The van der Waals surface area contributed by atoms with Gasteiger partial charge in [0, 0.05) is 40.2 Å². The number of nitrogens with one attached hydrogen (secondary N) is 1. The van der Waals surface area contributed by atoms with Crippen molar-refractivity contribution in [2.45, 2.75) is 30.8 Å². The smallest absolute Gasteiger partial charge is 0.242 e. The highest BCUT2D eigenvalue weighted by molar-refractivity contribution is 7.92. The molecule has 35 heavy (non-hydrogen) atoms. The summed E-state index contributed by atoms with van der Waals surface area (Å²) in [7, 11) is -4.69. The van der Waals surface area contributed by atoms with E-state index in [0.29, 0.717) is 19.5 Å². The number of amides is 2. The Kier molecular flexibility index (Phi) is 8.18. The minimum atomic E-state index is -3.82. The molecule has 1 heterocycles. The maximum atomic E-state index is 12.7. The molecule has 0 aliphatic carbocycles. The summed E-state index contributed by atoms with van der Waals surface area (Å²) in [5, 5.41) is 2.75. The van der Waals surface area contributed by atoms with Crippen molar-refractivity contribution in [3.05, 3.63) is 59.7 Å². The van der Waals surface area contributed by atoms with Crippen LogP contribution in [0.2, 0.25) is 0 Å². The first-order chi connectivity index (χ1) is 16.4. The predicted molar refractivity (Wildman–Crippen MR) is 132 cm³/mol. The van der Waals surface area contributed by atoms with Gasteiger partial charge in [-0.1, -0.05) is 24.3 Å². The van der Waals surface area contributed by atoms with E-state index >= 15 is 0 Å². The first-order valence-electron chi connectivity index (χ1n) is 11.0. The van der Waals surface area contributed by atoms with Crippen molar-refractivity contribution in [3.63, 3.8) is 0 Å². The highest BCUT2D eigenvalue weighted by Crippen LogP contribution is 2.22. The van der Waals surface area contributed by atoms with Crippen LogP contribution < -0.4 is 9.62 Å². The van der Waals surface area contributed by atoms with E-state index in [1.165, 1.54) is 38.4 Å². The Morgan fingerprint density at radius 2 is 1.63 bits per heavy atom. The quantitative estimate of drug-likeness (QED) is 0.499. The lowest BCUT2D eigenvalue weighted by molar-refractivity contribution is -0.128. The third-order valence-corrected chi connectivity index (χ3v) is 8.69. The zero-order valence-corrected chi connectivity index (χ0v) is 21.6. The van der Waals surface area contributed by atoms with Crippen LogP contribution in [0.5, 0.6) is 0 Å². The molecule has 0 spiro atoms. The van der Waals surface area contributed by atoms with E-state index in [4.69, 9.17) is 0 Å². The zero-order chi connectivity index (χ0) is 25.8. The first kappa shape index (κ1) is 26.6. The van der Waals surface area contributed by atoms with Gasteiger partial charge in [0.05, 0.1) is 16.8 Å². The molecule has 190 valence electrons. The van der Waals surface area contributed by atoms with Crippen LogP contribution >= 0.6 is 0 Å². The van der Waals surface area contributed by atoms with Crippen molar-refractivity contribution in [3.8, 4) is 0 Å². The summed E-state index contributed by atoms with van der Waals surface area (Å²) >= 11 is 0. The van der Waals surface area contributed by atoms with Crippen LogP contribution in [0.15, 0.2) is 53.4 Å². The van der Waals surface area contributed by atoms with E-state index in [1.54, 1.807) is 4.90 Å². The second-order valence-corrected chi connectivity index (χ2v) is 12.6. The molecule has 3 rings (SSSR count). The molecule has 0 bridgehead atoms. The van der Waals surface area contributed by atoms with E-state index in [1.807, 2.05) is 24.3 Å². The average Bonchev–Trinajstić information content (AvgIpc) is 3.20. The van der Waals surface area contributed by atoms with Crippen LogP contribution in [0.1, 0.15) is 24.0 Å². The SMILES string of the molecule is CN(C)S(=O)(=O)c1ccc(N(CC(=O)NCc2ccccc2CN2CCCC2=O)S(C)(=O)=O)cc1. The maximum Gasteiger partial charge on any atom is 0.242 e. The zero-order valence-electron chi connectivity index (χ0n) is 20.0. The minimum Gasteiger partial charge on any atom is -0.350 e. The third kappa shape index (κ3) is 6.59. The summed E-state index contributed by atoms with van der Waals surface area (Å²) in [4.78, 5) is 26.5. The van der Waals surface area contributed by atoms with Crippen LogP contribution in [0.4, 0.5) is 5.69 Å². The minimum absolute atomic E-state index is 0.0113. The number of rotatable bonds is 10. The molecule has 0 unspecified atom stereocenters. The van der Waals surface area contributed by atoms with Crippen molar-refractivity contribution < 1.29 is 26.4 Å². The number of likely N-dealkylation sites (tertiary alicyclic amines) is 1. The molecule has 0 atom stereocenters. The Balaban J connectivity index is 1.70. The van der Waals surface area contributed by atoms with Gasteiger partial charge >= 0.3 is 0 Å². The van der Waals surface area contributed by atoms with Gasteiger partial charge in [-0.3, -0.25) is 13.9 Å². The molecule has 10 nitrogen and oxygen atoms in total. The normalized spacial score (nSPS) is 14.4. The fourth-order valence-electron chi connectivity index (χ4n) is 3.74. The van der Waals surface area contributed by atoms with Crippen molar-refractivity contribution in [2.24, 2.45) is 0 Å². The van der Waals surface area contributed by atoms with Crippen molar-refractivity contribution in [1.29, 1.82) is 0 Å². The molecule has 0 aromatic heterocycles. The fraction of sp³-hybridized carbons (Fsp3) is 0.391. The fourth-order valence-corrected chi connectivity index (χ4v) is 5.49. The first-order valence-corrected chi connectivity index (χ1v) is 14.3. The van der Waals surface area contributed by atoms with Gasteiger partial charge in [-0.2, -0.15) is 0 Å². The predicted octanol–water partition coefficient (Wildman–Crippen LogP) is 1.14. The van der Waals surface area contributed by atoms with E-state index in [-0.39, 0.29) is 23.0 Å². The number of anilines is 1. The summed E-state index contributed by atoms with van der Waals surface area (Å²) < 4.78 is 51.3. The standard InChI is InChI=1S/C23H30N4O6S2/c1-25(2)35(32,33)21-12-10-20(11-13-21)27(34(3,30)31)17-22(28)24-15-18-7-4-5-8-19(18)16-26-14-6-9-23(26)29/h4-5,7-8,10-13H,6,9,14-17H2,1-3H3,(H,24,28). The largest absolute Gasteiger partial charge is 0.350 e. The Hall–Kier alpha value is -2.96. The number of sulfonamides is 2. The van der Waals surface area contributed by atoms with Crippen molar-refractivity contribution >= 4 is 37.5 Å². The number of nitrogens with zero attached hydrogens (tertiary/aromatic N) is 3. The molecular weight excluding hydrogens is 492 g/mol. The maximum absolute atomic E-state index is 12.7. The van der Waals surface area contributed by atoms with Gasteiger partial charge in [-0.15, -0.1) is 0 Å². The van der Waals surface area contributed by atoms with Crippen LogP contribution in [-0.4, -0.2) is 71.3 Å². The molecule has 1 fully saturated rings. The molecule has 2 amide bonds. The number of hydrogen-bond acceptors (Lipinski definition) is 6. The van der Waals surface area contributed by atoms with Crippen LogP contribution in [0.25, 0.3) is 0 Å². The number of benzene rings is 2. The highest BCUT2D eigenvalue weighted by Gasteiger charge is 2.24. The van der Waals surface area contributed by atoms with Gasteiger partial charge in [-0.25, -0.2) is 21.1 Å². The van der Waals surface area contributed by atoms with Gasteiger partial charge < -0.3 is 10.2 Å². The topological polar surface area (TPSA) is 124 Å². The van der Waals surface area contributed by atoms with Crippen LogP contribution in [0.3, 0.4) is 0 Å². The molecule has 1 N–H and O–H groups in total. The number of carbonyl (C=O) groups excluding carboxylic acids is 2. The van der Waals surface area contributed by atoms with E-state index in [9.17, 15) is 26.4 Å². The molecule has 1 aliphatic heterocycles. The van der Waals surface area contributed by atoms with E-state index in [2.05, 4.69) is 5.32 Å². The van der Waals surface area contributed by atoms with Crippen molar-refractivity contribution in [1.82, 2.24) is 14.5 Å². The van der Waals surface area contributed by atoms with Crippen LogP contribution in [0, 0.1) is 0 Å². The van der Waals surface area contributed by atoms with E-state index < -0.39 is 32.5 Å². The van der Waals surface area contributed by atoms with Gasteiger partial charge in [0.1, 0.15) is 6.54 Å². The Morgan fingerprint density at radius 3 is 2.17 bits per heavy atom. The second kappa shape index (κ2) is 10.8. The summed E-state index contributed by atoms with van der Waals surface area (Å²) in [5.74, 6) is -0.413. The molecule has 1 aliphatic rings. The summed E-state index contributed by atoms with van der Waals surface area (Å²) in [6.45, 7) is 0.875. The average molecular weight is 523 g/mol. The molecule has 0 radical (unpaired) electrons. The van der Waals surface area contributed by atoms with Gasteiger partial charge in [0.2, 0.25) is 31.9 Å². The molecular formula is C23H30N4O6S2. The summed E-state index contributed by atoms with van der Waals surface area (Å²) in [5.41, 5.74) is 1.93. The third-order valence-electron chi connectivity index (χ3n) is 5.72. The number of hydrogen-bond donors (Lipinski definition) is 1. The Labute approximate surface area is 206 Å². The Bertz CT molecular complexity index is 1290. The van der Waals surface area contributed by atoms with Gasteiger partial charge in [0.15, 0.2) is 0 Å². The van der Waals surface area contributed by atoms with E-state index in [0.717, 1.165) is 32.4 Å². The lowest BCUT2D eigenvalue weighted by Crippen LogP contribution is -2.40. The Morgan fingerprint density at radius 1 is 1.00 bits per heavy atom. The second-order valence-electron chi connectivity index (χ2n) is 8.52. The lowest BCUT2D eigenvalue weighted by atomic mass is 10.1. The lowest BCUT2D eigenvalue weighted by Gasteiger charge is -2.23. The number of carbonyl (C=O) groups is 2. The van der Waals surface area contributed by atoms with Crippen LogP contribution in [-0.2, 0) is 42.7 Å². The monoisotopic (exact) mass is 522 g/mol. The van der Waals surface area contributed by atoms with Crippen molar-refractivity contribution in [2.75, 3.05) is 37.7 Å². The van der Waals surface area contributed by atoms with Gasteiger partial charge in [0.25, 0.3) is 0 Å². The molecule has 0 saturated carbocycles. The highest BCUT2D eigenvalue weighted by atomic mass is 32.2. The summed E-state index contributed by atoms with van der Waals surface area (Å²) in [6.07, 6.45) is 2.36.